The van der Waals surface area contributed by atoms with Crippen LogP contribution in [0, 0.1) is 3.57 Å². The summed E-state index contributed by atoms with van der Waals surface area (Å²) in [4.78, 5) is 11.7. The largest absolute Gasteiger partial charge is 0.351 e. The van der Waals surface area contributed by atoms with E-state index in [4.69, 9.17) is 11.6 Å². The molecule has 1 unspecified atom stereocenters. The lowest BCUT2D eigenvalue weighted by Crippen LogP contribution is -2.28. The van der Waals surface area contributed by atoms with Gasteiger partial charge < -0.3 is 5.32 Å². The van der Waals surface area contributed by atoms with Crippen LogP contribution in [-0.4, -0.2) is 17.8 Å². The summed E-state index contributed by atoms with van der Waals surface area (Å²) in [6.07, 6.45) is 0. The minimum Gasteiger partial charge on any atom is -0.351 e. The molecule has 0 heterocycles. The van der Waals surface area contributed by atoms with E-state index in [1.165, 1.54) is 0 Å². The molecule has 0 saturated heterocycles. The fourth-order valence-electron chi connectivity index (χ4n) is 1.00. The Morgan fingerprint density at radius 2 is 2.33 bits per heavy atom. The van der Waals surface area contributed by atoms with Crippen LogP contribution >= 0.6 is 50.1 Å². The highest BCUT2D eigenvalue weighted by atomic mass is 127. The molecule has 0 fully saturated rings. The molecule has 0 bridgehead atoms. The van der Waals surface area contributed by atoms with E-state index in [2.05, 4.69) is 43.8 Å². The van der Waals surface area contributed by atoms with Crippen LogP contribution in [0.25, 0.3) is 0 Å². The molecule has 0 aromatic heterocycles. The van der Waals surface area contributed by atoms with Gasteiger partial charge in [-0.1, -0.05) is 0 Å². The van der Waals surface area contributed by atoms with E-state index in [9.17, 15) is 4.79 Å². The Balaban J connectivity index is 2.77. The second-order valence-corrected chi connectivity index (χ2v) is 5.96. The van der Waals surface area contributed by atoms with Gasteiger partial charge in [-0.3, -0.25) is 4.79 Å². The van der Waals surface area contributed by atoms with Crippen molar-refractivity contribution in [1.82, 2.24) is 5.32 Å². The predicted molar refractivity (Wildman–Crippen MR) is 74.5 cm³/mol. The Morgan fingerprint density at radius 1 is 1.67 bits per heavy atom. The van der Waals surface area contributed by atoms with Gasteiger partial charge in [0.1, 0.15) is 0 Å². The molecular formula is C10H10BrClINO. The zero-order chi connectivity index (χ0) is 11.4. The summed E-state index contributed by atoms with van der Waals surface area (Å²) in [5, 5.41) is 2.70. The van der Waals surface area contributed by atoms with Gasteiger partial charge in [-0.05, 0) is 63.6 Å². The summed E-state index contributed by atoms with van der Waals surface area (Å²) in [7, 11) is 0. The van der Waals surface area contributed by atoms with E-state index >= 15 is 0 Å². The molecule has 0 spiro atoms. The van der Waals surface area contributed by atoms with Crippen molar-refractivity contribution in [3.05, 3.63) is 31.8 Å². The van der Waals surface area contributed by atoms with Gasteiger partial charge in [-0.2, -0.15) is 0 Å². The molecule has 0 aliphatic carbocycles. The Morgan fingerprint density at radius 3 is 2.93 bits per heavy atom. The number of rotatable bonds is 3. The predicted octanol–water partition coefficient (Wildman–Crippen LogP) is 3.41. The zero-order valence-corrected chi connectivity index (χ0v) is 12.6. The average molecular weight is 402 g/mol. The van der Waals surface area contributed by atoms with Crippen LogP contribution in [0.2, 0.25) is 0 Å². The van der Waals surface area contributed by atoms with Crippen LogP contribution in [-0.2, 0) is 0 Å². The lowest BCUT2D eigenvalue weighted by molar-refractivity contribution is 0.0953. The van der Waals surface area contributed by atoms with E-state index in [1.54, 1.807) is 0 Å². The maximum absolute atomic E-state index is 11.7. The topological polar surface area (TPSA) is 29.1 Å². The lowest BCUT2D eigenvalue weighted by atomic mass is 10.2. The van der Waals surface area contributed by atoms with E-state index in [0.29, 0.717) is 12.1 Å². The summed E-state index contributed by atoms with van der Waals surface area (Å²) in [5.41, 5.74) is 0.638. The fourth-order valence-corrected chi connectivity index (χ4v) is 2.00. The number of hydrogen-bond acceptors (Lipinski definition) is 1. The molecule has 1 rings (SSSR count). The van der Waals surface area contributed by atoms with Crippen molar-refractivity contribution in [2.24, 2.45) is 0 Å². The Labute approximate surface area is 116 Å². The summed E-state index contributed by atoms with van der Waals surface area (Å²) < 4.78 is 1.82. The molecule has 1 aromatic rings. The molecule has 0 radical (unpaired) electrons. The number of nitrogens with one attached hydrogen (secondary N) is 1. The Bertz CT molecular complexity index is 370. The molecule has 15 heavy (non-hydrogen) atoms. The number of benzene rings is 1. The molecule has 1 atom stereocenters. The highest BCUT2D eigenvalue weighted by Gasteiger charge is 2.10. The standard InChI is InChI=1S/C10H10BrClINO/c1-6(12)5-14-10(15)8-4-7(13)2-3-9(8)11/h2-4,6H,5H2,1H3,(H,14,15). The first-order valence-corrected chi connectivity index (χ1v) is 6.69. The second kappa shape index (κ2) is 6.06. The van der Waals surface area contributed by atoms with Gasteiger partial charge in [0, 0.05) is 20.0 Å². The summed E-state index contributed by atoms with van der Waals surface area (Å²) >= 11 is 11.3. The number of carbonyl (C=O) groups is 1. The molecule has 2 nitrogen and oxygen atoms in total. The van der Waals surface area contributed by atoms with Crippen molar-refractivity contribution in [3.63, 3.8) is 0 Å². The minimum atomic E-state index is -0.104. The fraction of sp³-hybridized carbons (Fsp3) is 0.300. The summed E-state index contributed by atoms with van der Waals surface area (Å²) in [6, 6.07) is 5.63. The number of carbonyl (C=O) groups excluding carboxylic acids is 1. The van der Waals surface area contributed by atoms with Crippen LogP contribution in [0.4, 0.5) is 0 Å². The molecule has 0 saturated carbocycles. The van der Waals surface area contributed by atoms with Crippen LogP contribution in [0.5, 0.6) is 0 Å². The highest BCUT2D eigenvalue weighted by molar-refractivity contribution is 14.1. The Hall–Kier alpha value is 0.190. The van der Waals surface area contributed by atoms with Gasteiger partial charge in [0.2, 0.25) is 0 Å². The molecule has 0 aliphatic heterocycles. The van der Waals surface area contributed by atoms with Crippen LogP contribution in [0.3, 0.4) is 0 Å². The third kappa shape index (κ3) is 4.28. The van der Waals surface area contributed by atoms with Crippen molar-refractivity contribution in [3.8, 4) is 0 Å². The molecule has 1 aromatic carbocycles. The Kier molecular flexibility index (Phi) is 5.35. The van der Waals surface area contributed by atoms with Crippen LogP contribution in [0.15, 0.2) is 22.7 Å². The number of halogens is 3. The zero-order valence-electron chi connectivity index (χ0n) is 8.06. The van der Waals surface area contributed by atoms with E-state index in [0.717, 1.165) is 8.04 Å². The summed E-state index contributed by atoms with van der Waals surface area (Å²) in [5.74, 6) is -0.104. The first-order valence-electron chi connectivity index (χ1n) is 4.38. The molecule has 0 aliphatic rings. The molecule has 82 valence electrons. The first-order chi connectivity index (χ1) is 7.00. The van der Waals surface area contributed by atoms with Crippen molar-refractivity contribution in [2.45, 2.75) is 12.3 Å². The summed E-state index contributed by atoms with van der Waals surface area (Å²) in [6.45, 7) is 2.31. The van der Waals surface area contributed by atoms with E-state index in [1.807, 2.05) is 25.1 Å². The van der Waals surface area contributed by atoms with Gasteiger partial charge in [-0.15, -0.1) is 11.6 Å². The smallest absolute Gasteiger partial charge is 0.252 e. The van der Waals surface area contributed by atoms with Gasteiger partial charge >= 0.3 is 0 Å². The van der Waals surface area contributed by atoms with Crippen molar-refractivity contribution in [2.75, 3.05) is 6.54 Å². The molecule has 1 N–H and O–H groups in total. The quantitative estimate of drug-likeness (QED) is 0.609. The van der Waals surface area contributed by atoms with E-state index < -0.39 is 0 Å². The molecular weight excluding hydrogens is 392 g/mol. The monoisotopic (exact) mass is 401 g/mol. The van der Waals surface area contributed by atoms with Crippen molar-refractivity contribution in [1.29, 1.82) is 0 Å². The van der Waals surface area contributed by atoms with Crippen LogP contribution in [0.1, 0.15) is 17.3 Å². The second-order valence-electron chi connectivity index (χ2n) is 3.11. The average Bonchev–Trinajstić information content (AvgIpc) is 2.18. The highest BCUT2D eigenvalue weighted by Crippen LogP contribution is 2.19. The third-order valence-electron chi connectivity index (χ3n) is 1.72. The first kappa shape index (κ1) is 13.3. The van der Waals surface area contributed by atoms with E-state index in [-0.39, 0.29) is 11.3 Å². The molecule has 1 amide bonds. The van der Waals surface area contributed by atoms with Gasteiger partial charge in [-0.25, -0.2) is 0 Å². The SMILES string of the molecule is CC(Cl)CNC(=O)c1cc(I)ccc1Br. The maximum Gasteiger partial charge on any atom is 0.252 e. The number of hydrogen-bond donors (Lipinski definition) is 1. The maximum atomic E-state index is 11.7. The normalized spacial score (nSPS) is 12.3. The third-order valence-corrected chi connectivity index (χ3v) is 3.23. The van der Waals surface area contributed by atoms with Gasteiger partial charge in [0.05, 0.1) is 5.56 Å². The molecule has 5 heteroatoms. The van der Waals surface area contributed by atoms with Crippen molar-refractivity contribution < 1.29 is 4.79 Å². The van der Waals surface area contributed by atoms with Gasteiger partial charge in [0.15, 0.2) is 0 Å². The van der Waals surface area contributed by atoms with Gasteiger partial charge in [0.25, 0.3) is 5.91 Å². The number of amides is 1. The number of alkyl halides is 1. The lowest BCUT2D eigenvalue weighted by Gasteiger charge is -2.08. The van der Waals surface area contributed by atoms with Crippen LogP contribution < -0.4 is 5.32 Å². The minimum absolute atomic E-state index is 0.0597. The van der Waals surface area contributed by atoms with Crippen molar-refractivity contribution >= 4 is 56.0 Å².